The summed E-state index contributed by atoms with van der Waals surface area (Å²) in [5.74, 6) is -0.0476. The Bertz CT molecular complexity index is 846. The van der Waals surface area contributed by atoms with Crippen LogP contribution in [0.2, 0.25) is 0 Å². The molecule has 7 nitrogen and oxygen atoms in total. The van der Waals surface area contributed by atoms with Gasteiger partial charge in [0.2, 0.25) is 11.8 Å². The second-order valence-electron chi connectivity index (χ2n) is 7.51. The molecule has 3 N–H and O–H groups in total. The van der Waals surface area contributed by atoms with Gasteiger partial charge in [0.25, 0.3) is 0 Å². The SMILES string of the molecule is Cc1nn(C2NC(=O)C(C)C(C)N2)c(C)c1CCC(=O)NCc1ccccc1. The third kappa shape index (κ3) is 4.42. The van der Waals surface area contributed by atoms with Gasteiger partial charge in [-0.05, 0) is 38.3 Å². The molecule has 3 unspecified atom stereocenters. The van der Waals surface area contributed by atoms with E-state index in [-0.39, 0.29) is 30.1 Å². The molecule has 0 spiro atoms. The Kier molecular flexibility index (Phi) is 6.14. The standard InChI is InChI=1S/C21H29N5O2/c1-13-14(2)23-21(24-20(13)28)26-16(4)18(15(3)25-26)10-11-19(27)22-12-17-8-6-5-7-9-17/h5-9,13-14,21,23H,10-12H2,1-4H3,(H,22,27)(H,24,28). The van der Waals surface area contributed by atoms with Crippen LogP contribution < -0.4 is 16.0 Å². The average Bonchev–Trinajstić information content (AvgIpc) is 2.97. The van der Waals surface area contributed by atoms with Crippen molar-refractivity contribution < 1.29 is 9.59 Å². The summed E-state index contributed by atoms with van der Waals surface area (Å²) in [7, 11) is 0. The van der Waals surface area contributed by atoms with Gasteiger partial charge in [-0.15, -0.1) is 0 Å². The molecule has 1 aliphatic rings. The van der Waals surface area contributed by atoms with E-state index < -0.39 is 0 Å². The average molecular weight is 383 g/mol. The second kappa shape index (κ2) is 8.56. The molecule has 3 atom stereocenters. The Morgan fingerprint density at radius 2 is 1.93 bits per heavy atom. The molecule has 150 valence electrons. The molecule has 1 saturated heterocycles. The van der Waals surface area contributed by atoms with Crippen molar-refractivity contribution in [3.63, 3.8) is 0 Å². The van der Waals surface area contributed by atoms with Crippen molar-refractivity contribution in [1.29, 1.82) is 0 Å². The summed E-state index contributed by atoms with van der Waals surface area (Å²) in [6, 6.07) is 9.93. The van der Waals surface area contributed by atoms with Crippen LogP contribution in [0.15, 0.2) is 30.3 Å². The number of benzene rings is 1. The number of hydrogen-bond donors (Lipinski definition) is 3. The summed E-state index contributed by atoms with van der Waals surface area (Å²) < 4.78 is 1.81. The molecule has 2 heterocycles. The number of nitrogens with one attached hydrogen (secondary N) is 3. The molecule has 1 fully saturated rings. The normalized spacial score (nSPS) is 22.0. The highest BCUT2D eigenvalue weighted by Gasteiger charge is 2.32. The lowest BCUT2D eigenvalue weighted by atomic mass is 10.0. The van der Waals surface area contributed by atoms with Gasteiger partial charge in [-0.2, -0.15) is 5.10 Å². The van der Waals surface area contributed by atoms with Crippen LogP contribution in [-0.4, -0.2) is 27.6 Å². The summed E-state index contributed by atoms with van der Waals surface area (Å²) in [5, 5.41) is 13.9. The van der Waals surface area contributed by atoms with E-state index in [1.807, 2.05) is 62.7 Å². The summed E-state index contributed by atoms with van der Waals surface area (Å²) >= 11 is 0. The highest BCUT2D eigenvalue weighted by atomic mass is 16.2. The molecule has 1 aliphatic heterocycles. The number of amides is 2. The van der Waals surface area contributed by atoms with Gasteiger partial charge in [-0.25, -0.2) is 4.68 Å². The molecule has 0 saturated carbocycles. The van der Waals surface area contributed by atoms with Gasteiger partial charge in [-0.1, -0.05) is 37.3 Å². The molecule has 2 amide bonds. The number of carbonyl (C=O) groups excluding carboxylic acids is 2. The Labute approximate surface area is 165 Å². The number of nitrogens with zero attached hydrogens (tertiary/aromatic N) is 2. The van der Waals surface area contributed by atoms with Crippen molar-refractivity contribution in [3.05, 3.63) is 52.8 Å². The molecule has 0 radical (unpaired) electrons. The first-order chi connectivity index (χ1) is 13.4. The monoisotopic (exact) mass is 383 g/mol. The zero-order valence-corrected chi connectivity index (χ0v) is 17.0. The summed E-state index contributed by atoms with van der Waals surface area (Å²) in [5.41, 5.74) is 3.99. The number of rotatable bonds is 6. The maximum absolute atomic E-state index is 12.2. The van der Waals surface area contributed by atoms with E-state index in [0.717, 1.165) is 22.5 Å². The maximum Gasteiger partial charge on any atom is 0.227 e. The van der Waals surface area contributed by atoms with Crippen molar-refractivity contribution in [1.82, 2.24) is 25.7 Å². The zero-order valence-electron chi connectivity index (χ0n) is 17.0. The molecule has 3 rings (SSSR count). The molecule has 1 aromatic carbocycles. The Balaban J connectivity index is 1.60. The van der Waals surface area contributed by atoms with E-state index in [9.17, 15) is 9.59 Å². The molecule has 28 heavy (non-hydrogen) atoms. The number of carbonyl (C=O) groups is 2. The van der Waals surface area contributed by atoms with Crippen molar-refractivity contribution in [2.24, 2.45) is 5.92 Å². The fourth-order valence-corrected chi connectivity index (χ4v) is 3.49. The van der Waals surface area contributed by atoms with Gasteiger partial charge in [0.15, 0.2) is 6.29 Å². The minimum Gasteiger partial charge on any atom is -0.352 e. The lowest BCUT2D eigenvalue weighted by molar-refractivity contribution is -0.130. The maximum atomic E-state index is 12.2. The van der Waals surface area contributed by atoms with Crippen LogP contribution in [0.1, 0.15) is 49.1 Å². The van der Waals surface area contributed by atoms with Crippen LogP contribution in [0.25, 0.3) is 0 Å². The van der Waals surface area contributed by atoms with E-state index in [0.29, 0.717) is 19.4 Å². The van der Waals surface area contributed by atoms with E-state index in [1.54, 1.807) is 0 Å². The topological polar surface area (TPSA) is 88.1 Å². The molecule has 0 bridgehead atoms. The molecule has 1 aromatic heterocycles. The van der Waals surface area contributed by atoms with Gasteiger partial charge in [-0.3, -0.25) is 14.9 Å². The predicted octanol–water partition coefficient (Wildman–Crippen LogP) is 1.95. The fraction of sp³-hybridized carbons (Fsp3) is 0.476. The minimum absolute atomic E-state index is 0.0157. The van der Waals surface area contributed by atoms with E-state index in [4.69, 9.17) is 0 Å². The van der Waals surface area contributed by atoms with Crippen molar-refractivity contribution >= 4 is 11.8 Å². The number of aryl methyl sites for hydroxylation is 1. The molecule has 2 aromatic rings. The third-order valence-corrected chi connectivity index (χ3v) is 5.52. The number of aromatic nitrogens is 2. The van der Waals surface area contributed by atoms with Crippen LogP contribution >= 0.6 is 0 Å². The van der Waals surface area contributed by atoms with E-state index >= 15 is 0 Å². The Morgan fingerprint density at radius 1 is 1.21 bits per heavy atom. The van der Waals surface area contributed by atoms with Gasteiger partial charge < -0.3 is 10.6 Å². The first-order valence-corrected chi connectivity index (χ1v) is 9.78. The summed E-state index contributed by atoms with van der Waals surface area (Å²) in [4.78, 5) is 24.4. The molecule has 7 heteroatoms. The smallest absolute Gasteiger partial charge is 0.227 e. The second-order valence-corrected chi connectivity index (χ2v) is 7.51. The minimum atomic E-state index is -0.363. The third-order valence-electron chi connectivity index (χ3n) is 5.52. The molecular formula is C21H29N5O2. The summed E-state index contributed by atoms with van der Waals surface area (Å²) in [6.07, 6.45) is 0.654. The largest absolute Gasteiger partial charge is 0.352 e. The highest BCUT2D eigenvalue weighted by molar-refractivity contribution is 5.79. The molecule has 0 aliphatic carbocycles. The van der Waals surface area contributed by atoms with Gasteiger partial charge in [0.1, 0.15) is 0 Å². The van der Waals surface area contributed by atoms with Crippen molar-refractivity contribution in [2.75, 3.05) is 0 Å². The van der Waals surface area contributed by atoms with Crippen LogP contribution in [0.3, 0.4) is 0 Å². The van der Waals surface area contributed by atoms with E-state index in [2.05, 4.69) is 21.0 Å². The summed E-state index contributed by atoms with van der Waals surface area (Å²) in [6.45, 7) is 8.36. The highest BCUT2D eigenvalue weighted by Crippen LogP contribution is 2.20. The molecular weight excluding hydrogens is 354 g/mol. The van der Waals surface area contributed by atoms with Crippen LogP contribution in [0, 0.1) is 19.8 Å². The van der Waals surface area contributed by atoms with Gasteiger partial charge in [0.05, 0.1) is 11.6 Å². The fourth-order valence-electron chi connectivity index (χ4n) is 3.49. The predicted molar refractivity (Wildman–Crippen MR) is 107 cm³/mol. The zero-order chi connectivity index (χ0) is 20.3. The van der Waals surface area contributed by atoms with Crippen molar-refractivity contribution in [2.45, 2.75) is 59.4 Å². The quantitative estimate of drug-likeness (QED) is 0.711. The first-order valence-electron chi connectivity index (χ1n) is 9.78. The van der Waals surface area contributed by atoms with Gasteiger partial charge >= 0.3 is 0 Å². The van der Waals surface area contributed by atoms with Gasteiger partial charge in [0, 0.05) is 24.7 Å². The lowest BCUT2D eigenvalue weighted by Gasteiger charge is -2.34. The van der Waals surface area contributed by atoms with Crippen molar-refractivity contribution in [3.8, 4) is 0 Å². The Morgan fingerprint density at radius 3 is 2.61 bits per heavy atom. The van der Waals surface area contributed by atoms with Crippen LogP contribution in [0.4, 0.5) is 0 Å². The Hall–Kier alpha value is -2.67. The van der Waals surface area contributed by atoms with Crippen LogP contribution in [0.5, 0.6) is 0 Å². The first kappa shape index (κ1) is 20.1. The van der Waals surface area contributed by atoms with Crippen LogP contribution in [-0.2, 0) is 22.6 Å². The number of hydrogen-bond acceptors (Lipinski definition) is 4. The lowest BCUT2D eigenvalue weighted by Crippen LogP contribution is -2.57. The van der Waals surface area contributed by atoms with E-state index in [1.165, 1.54) is 0 Å².